The van der Waals surface area contributed by atoms with Crippen LogP contribution in [0, 0.1) is 6.92 Å². The molecule has 6 aromatic rings. The third kappa shape index (κ3) is 2.75. The van der Waals surface area contributed by atoms with Crippen LogP contribution in [0.15, 0.2) is 86.9 Å². The molecule has 1 N–H and O–H groups in total. The zero-order valence-corrected chi connectivity index (χ0v) is 17.0. The summed E-state index contributed by atoms with van der Waals surface area (Å²) in [7, 11) is 0. The lowest BCUT2D eigenvalue weighted by molar-refractivity contribution is 0.563. The molecule has 7 nitrogen and oxygen atoms in total. The van der Waals surface area contributed by atoms with Crippen LogP contribution in [0.2, 0.25) is 0 Å². The number of aromatic nitrogens is 4. The van der Waals surface area contributed by atoms with Gasteiger partial charge in [0, 0.05) is 11.6 Å². The SMILES string of the molecule is Cc1ccc(-n2cc3c(-c4cc5c(ccc6ccccc65)oc4=O)n[nH]c(=O)c3n2)cc1. The van der Waals surface area contributed by atoms with Crippen LogP contribution in [0.5, 0.6) is 0 Å². The molecule has 3 aromatic carbocycles. The molecule has 7 heteroatoms. The Morgan fingerprint density at radius 2 is 1.72 bits per heavy atom. The molecule has 0 radical (unpaired) electrons. The summed E-state index contributed by atoms with van der Waals surface area (Å²) >= 11 is 0. The van der Waals surface area contributed by atoms with Crippen LogP contribution in [-0.2, 0) is 0 Å². The lowest BCUT2D eigenvalue weighted by atomic mass is 10.0. The van der Waals surface area contributed by atoms with Gasteiger partial charge < -0.3 is 4.42 Å². The van der Waals surface area contributed by atoms with E-state index >= 15 is 0 Å². The first-order valence-electron chi connectivity index (χ1n) is 10.1. The molecule has 3 heterocycles. The fourth-order valence-electron chi connectivity index (χ4n) is 4.01. The molecule has 32 heavy (non-hydrogen) atoms. The highest BCUT2D eigenvalue weighted by molar-refractivity contribution is 6.07. The Kier molecular flexibility index (Phi) is 3.85. The molecular weight excluding hydrogens is 404 g/mol. The Balaban J connectivity index is 1.64. The lowest BCUT2D eigenvalue weighted by Gasteiger charge is -2.05. The molecule has 0 aliphatic carbocycles. The summed E-state index contributed by atoms with van der Waals surface area (Å²) < 4.78 is 7.24. The first-order valence-corrected chi connectivity index (χ1v) is 10.1. The minimum Gasteiger partial charge on any atom is -0.422 e. The summed E-state index contributed by atoms with van der Waals surface area (Å²) in [5.41, 5.74) is 2.24. The second-order valence-electron chi connectivity index (χ2n) is 7.72. The highest BCUT2D eigenvalue weighted by Gasteiger charge is 2.18. The van der Waals surface area contributed by atoms with Crippen molar-refractivity contribution in [3.05, 3.63) is 99.3 Å². The van der Waals surface area contributed by atoms with E-state index in [0.717, 1.165) is 27.4 Å². The zero-order valence-electron chi connectivity index (χ0n) is 17.0. The Morgan fingerprint density at radius 3 is 2.56 bits per heavy atom. The van der Waals surface area contributed by atoms with E-state index in [1.807, 2.05) is 61.5 Å². The van der Waals surface area contributed by atoms with E-state index in [2.05, 4.69) is 15.3 Å². The number of aromatic amines is 1. The molecule has 0 saturated heterocycles. The number of rotatable bonds is 2. The lowest BCUT2D eigenvalue weighted by Crippen LogP contribution is -2.12. The van der Waals surface area contributed by atoms with E-state index in [0.29, 0.717) is 16.7 Å². The summed E-state index contributed by atoms with van der Waals surface area (Å²) in [6.07, 6.45) is 1.71. The number of hydrogen-bond acceptors (Lipinski definition) is 5. The number of nitrogens with one attached hydrogen (secondary N) is 1. The highest BCUT2D eigenvalue weighted by Crippen LogP contribution is 2.29. The molecule has 0 bridgehead atoms. The summed E-state index contributed by atoms with van der Waals surface area (Å²) in [6.45, 7) is 2.00. The fourth-order valence-corrected chi connectivity index (χ4v) is 4.01. The third-order valence-corrected chi connectivity index (χ3v) is 5.65. The Labute approximate surface area is 180 Å². The van der Waals surface area contributed by atoms with E-state index in [9.17, 15) is 9.59 Å². The maximum absolute atomic E-state index is 12.9. The number of nitrogens with zero attached hydrogens (tertiary/aromatic N) is 3. The first-order chi connectivity index (χ1) is 15.6. The summed E-state index contributed by atoms with van der Waals surface area (Å²) in [6, 6.07) is 21.1. The topological polar surface area (TPSA) is 93.8 Å². The summed E-state index contributed by atoms with van der Waals surface area (Å²) in [5.74, 6) is 0. The largest absolute Gasteiger partial charge is 0.422 e. The minimum absolute atomic E-state index is 0.202. The maximum atomic E-state index is 12.9. The molecule has 0 aliphatic rings. The predicted octanol–water partition coefficient (Wildman–Crippen LogP) is 4.34. The standard InChI is InChI=1S/C25H16N4O3/c1-14-6-9-16(10-7-14)29-13-20-22(26-27-24(30)23(20)28-29)19-12-18-17-5-3-2-4-15(17)8-11-21(18)32-25(19)31/h2-13H,1H3,(H,27,30). The van der Waals surface area contributed by atoms with Gasteiger partial charge in [-0.15, -0.1) is 0 Å². The van der Waals surface area contributed by atoms with E-state index in [4.69, 9.17) is 4.42 Å². The molecule has 0 saturated carbocycles. The normalized spacial score (nSPS) is 11.5. The van der Waals surface area contributed by atoms with Gasteiger partial charge in [-0.1, -0.05) is 48.0 Å². The summed E-state index contributed by atoms with van der Waals surface area (Å²) in [5, 5.41) is 14.4. The predicted molar refractivity (Wildman–Crippen MR) is 123 cm³/mol. The Morgan fingerprint density at radius 1 is 0.906 bits per heavy atom. The molecule has 0 spiro atoms. The number of benzene rings is 3. The second kappa shape index (κ2) is 6.75. The van der Waals surface area contributed by atoms with Gasteiger partial charge in [-0.05, 0) is 42.0 Å². The Hall–Kier alpha value is -4.52. The highest BCUT2D eigenvalue weighted by atomic mass is 16.4. The van der Waals surface area contributed by atoms with Crippen LogP contribution >= 0.6 is 0 Å². The van der Waals surface area contributed by atoms with Crippen molar-refractivity contribution < 1.29 is 4.42 Å². The van der Waals surface area contributed by atoms with E-state index < -0.39 is 11.2 Å². The monoisotopic (exact) mass is 420 g/mol. The van der Waals surface area contributed by atoms with Crippen LogP contribution in [-0.4, -0.2) is 20.0 Å². The molecule has 0 unspecified atom stereocenters. The smallest absolute Gasteiger partial charge is 0.345 e. The van der Waals surface area contributed by atoms with Gasteiger partial charge in [-0.2, -0.15) is 10.2 Å². The van der Waals surface area contributed by atoms with Gasteiger partial charge in [0.2, 0.25) is 0 Å². The summed E-state index contributed by atoms with van der Waals surface area (Å²) in [4.78, 5) is 25.3. The molecule has 154 valence electrons. The molecule has 6 rings (SSSR count). The van der Waals surface area contributed by atoms with Crippen molar-refractivity contribution in [3.8, 4) is 16.9 Å². The van der Waals surface area contributed by atoms with Crippen molar-refractivity contribution in [2.24, 2.45) is 0 Å². The number of aryl methyl sites for hydroxylation is 1. The van der Waals surface area contributed by atoms with Crippen molar-refractivity contribution in [2.45, 2.75) is 6.92 Å². The number of hydrogen-bond donors (Lipinski definition) is 1. The average molecular weight is 420 g/mol. The minimum atomic E-state index is -0.531. The van der Waals surface area contributed by atoms with Crippen molar-refractivity contribution >= 4 is 32.6 Å². The third-order valence-electron chi connectivity index (χ3n) is 5.65. The molecule has 0 fully saturated rings. The molecule has 3 aromatic heterocycles. The molecular formula is C25H16N4O3. The number of H-pyrrole nitrogens is 1. The van der Waals surface area contributed by atoms with E-state index in [1.54, 1.807) is 23.0 Å². The second-order valence-corrected chi connectivity index (χ2v) is 7.72. The van der Waals surface area contributed by atoms with Crippen LogP contribution in [0.4, 0.5) is 0 Å². The maximum Gasteiger partial charge on any atom is 0.345 e. The van der Waals surface area contributed by atoms with Crippen molar-refractivity contribution in [3.63, 3.8) is 0 Å². The van der Waals surface area contributed by atoms with Gasteiger partial charge in [0.25, 0.3) is 5.56 Å². The Bertz CT molecular complexity index is 1780. The molecule has 0 amide bonds. The van der Waals surface area contributed by atoms with Crippen LogP contribution < -0.4 is 11.2 Å². The first kappa shape index (κ1) is 18.3. The van der Waals surface area contributed by atoms with E-state index in [1.165, 1.54) is 0 Å². The van der Waals surface area contributed by atoms with E-state index in [-0.39, 0.29) is 11.1 Å². The van der Waals surface area contributed by atoms with Crippen LogP contribution in [0.25, 0.3) is 49.6 Å². The van der Waals surface area contributed by atoms with Crippen molar-refractivity contribution in [1.82, 2.24) is 20.0 Å². The van der Waals surface area contributed by atoms with Crippen molar-refractivity contribution in [2.75, 3.05) is 0 Å². The quantitative estimate of drug-likeness (QED) is 0.332. The average Bonchev–Trinajstić information content (AvgIpc) is 3.26. The number of fused-ring (bicyclic) bond motifs is 4. The molecule has 0 atom stereocenters. The van der Waals surface area contributed by atoms with Gasteiger partial charge >= 0.3 is 5.63 Å². The van der Waals surface area contributed by atoms with Crippen LogP contribution in [0.1, 0.15) is 5.56 Å². The van der Waals surface area contributed by atoms with Gasteiger partial charge in [-0.25, -0.2) is 14.6 Å². The zero-order chi connectivity index (χ0) is 21.8. The van der Waals surface area contributed by atoms with Crippen molar-refractivity contribution in [1.29, 1.82) is 0 Å². The van der Waals surface area contributed by atoms with Gasteiger partial charge in [0.05, 0.1) is 16.6 Å². The van der Waals surface area contributed by atoms with Crippen LogP contribution in [0.3, 0.4) is 0 Å². The van der Waals surface area contributed by atoms with Gasteiger partial charge in [0.1, 0.15) is 11.3 Å². The fraction of sp³-hybridized carbons (Fsp3) is 0.0400. The van der Waals surface area contributed by atoms with Gasteiger partial charge in [-0.3, -0.25) is 4.79 Å². The molecule has 0 aliphatic heterocycles. The van der Waals surface area contributed by atoms with Gasteiger partial charge in [0.15, 0.2) is 5.52 Å².